The summed E-state index contributed by atoms with van der Waals surface area (Å²) in [4.78, 5) is 14.4. The lowest BCUT2D eigenvalue weighted by Gasteiger charge is -1.98. The molecule has 0 fully saturated rings. The Hall–Kier alpha value is -1.91. The molecule has 0 saturated heterocycles. The molecule has 2 aromatic rings. The zero-order valence-electron chi connectivity index (χ0n) is 6.44. The van der Waals surface area contributed by atoms with Crippen LogP contribution in [0.3, 0.4) is 0 Å². The number of fused-ring (bicyclic) bond motifs is 1. The zero-order chi connectivity index (χ0) is 9.42. The molecule has 4 nitrogen and oxygen atoms in total. The van der Waals surface area contributed by atoms with Crippen LogP contribution in [0, 0.1) is 5.82 Å². The third-order valence-electron chi connectivity index (χ3n) is 1.68. The third-order valence-corrected chi connectivity index (χ3v) is 1.68. The molecule has 66 valence electrons. The van der Waals surface area contributed by atoms with Gasteiger partial charge in [-0.1, -0.05) is 0 Å². The standard InChI is InChI=1S/C8H5FN2O2/c9-5-3-6(8(12)13)7-10-1-2-11(7)4-5/h1-4H,(H,12,13). The van der Waals surface area contributed by atoms with Crippen LogP contribution < -0.4 is 0 Å². The van der Waals surface area contributed by atoms with Crippen molar-refractivity contribution in [3.05, 3.63) is 36.0 Å². The first kappa shape index (κ1) is 7.72. The minimum Gasteiger partial charge on any atom is -0.478 e. The summed E-state index contributed by atoms with van der Waals surface area (Å²) in [6.45, 7) is 0. The van der Waals surface area contributed by atoms with Gasteiger partial charge in [-0.25, -0.2) is 14.2 Å². The predicted octanol–water partition coefficient (Wildman–Crippen LogP) is 1.17. The summed E-state index contributed by atoms with van der Waals surface area (Å²) in [5.41, 5.74) is 0.110. The third kappa shape index (κ3) is 1.14. The van der Waals surface area contributed by atoms with E-state index in [1.807, 2.05) is 0 Å². The molecule has 13 heavy (non-hydrogen) atoms. The van der Waals surface area contributed by atoms with Gasteiger partial charge in [0.15, 0.2) is 5.65 Å². The van der Waals surface area contributed by atoms with Gasteiger partial charge in [0.2, 0.25) is 0 Å². The van der Waals surface area contributed by atoms with E-state index in [9.17, 15) is 9.18 Å². The molecule has 5 heteroatoms. The van der Waals surface area contributed by atoms with Gasteiger partial charge in [-0.05, 0) is 6.07 Å². The van der Waals surface area contributed by atoms with Gasteiger partial charge in [0, 0.05) is 18.6 Å². The van der Waals surface area contributed by atoms with Crippen molar-refractivity contribution in [2.75, 3.05) is 0 Å². The van der Waals surface area contributed by atoms with E-state index >= 15 is 0 Å². The number of pyridine rings is 1. The molecule has 0 aliphatic rings. The number of hydrogen-bond acceptors (Lipinski definition) is 2. The summed E-state index contributed by atoms with van der Waals surface area (Å²) in [5.74, 6) is -1.78. The van der Waals surface area contributed by atoms with Crippen molar-refractivity contribution in [1.82, 2.24) is 9.38 Å². The van der Waals surface area contributed by atoms with Crippen molar-refractivity contribution in [3.8, 4) is 0 Å². The molecule has 0 radical (unpaired) electrons. The summed E-state index contributed by atoms with van der Waals surface area (Å²) >= 11 is 0. The van der Waals surface area contributed by atoms with Crippen LogP contribution in [0.1, 0.15) is 10.4 Å². The fraction of sp³-hybridized carbons (Fsp3) is 0. The molecular formula is C8H5FN2O2. The Morgan fingerprint density at radius 3 is 3.08 bits per heavy atom. The highest BCUT2D eigenvalue weighted by atomic mass is 19.1. The Kier molecular flexibility index (Phi) is 1.51. The Labute approximate surface area is 72.3 Å². The second-order valence-electron chi connectivity index (χ2n) is 2.54. The van der Waals surface area contributed by atoms with E-state index in [-0.39, 0.29) is 11.2 Å². The second-order valence-corrected chi connectivity index (χ2v) is 2.54. The smallest absolute Gasteiger partial charge is 0.339 e. The highest BCUT2D eigenvalue weighted by Gasteiger charge is 2.11. The van der Waals surface area contributed by atoms with Gasteiger partial charge in [0.25, 0.3) is 0 Å². The van der Waals surface area contributed by atoms with Crippen molar-refractivity contribution in [3.63, 3.8) is 0 Å². The lowest BCUT2D eigenvalue weighted by Crippen LogP contribution is -2.01. The number of hydrogen-bond donors (Lipinski definition) is 1. The van der Waals surface area contributed by atoms with E-state index < -0.39 is 11.8 Å². The number of carbonyl (C=O) groups is 1. The largest absolute Gasteiger partial charge is 0.478 e. The lowest BCUT2D eigenvalue weighted by molar-refractivity contribution is 0.0698. The quantitative estimate of drug-likeness (QED) is 0.716. The molecule has 0 atom stereocenters. The normalized spacial score (nSPS) is 10.5. The van der Waals surface area contributed by atoms with Crippen molar-refractivity contribution in [2.45, 2.75) is 0 Å². The average molecular weight is 180 g/mol. The molecule has 0 aliphatic heterocycles. The highest BCUT2D eigenvalue weighted by Crippen LogP contribution is 2.10. The second kappa shape index (κ2) is 2.55. The number of rotatable bonds is 1. The minimum atomic E-state index is -1.18. The molecule has 2 rings (SSSR count). The number of imidazole rings is 1. The Bertz CT molecular complexity index is 478. The van der Waals surface area contributed by atoms with E-state index in [0.717, 1.165) is 6.07 Å². The van der Waals surface area contributed by atoms with E-state index in [4.69, 9.17) is 5.11 Å². The maximum atomic E-state index is 12.8. The molecule has 0 aromatic carbocycles. The van der Waals surface area contributed by atoms with Crippen LogP contribution in [0.25, 0.3) is 5.65 Å². The Morgan fingerprint density at radius 2 is 2.38 bits per heavy atom. The van der Waals surface area contributed by atoms with Crippen molar-refractivity contribution in [2.24, 2.45) is 0 Å². The number of carboxylic acid groups (broad SMARTS) is 1. The molecule has 0 amide bonds. The number of aromatic nitrogens is 2. The van der Waals surface area contributed by atoms with Gasteiger partial charge in [-0.3, -0.25) is 0 Å². The van der Waals surface area contributed by atoms with E-state index in [2.05, 4.69) is 4.98 Å². The predicted molar refractivity (Wildman–Crippen MR) is 42.1 cm³/mol. The summed E-state index contributed by atoms with van der Waals surface area (Å²) in [5, 5.41) is 8.71. The first-order valence-corrected chi connectivity index (χ1v) is 3.54. The number of nitrogens with zero attached hydrogens (tertiary/aromatic N) is 2. The number of carboxylic acids is 1. The van der Waals surface area contributed by atoms with Crippen molar-refractivity contribution in [1.29, 1.82) is 0 Å². The van der Waals surface area contributed by atoms with Crippen LogP contribution in [0.5, 0.6) is 0 Å². The lowest BCUT2D eigenvalue weighted by atomic mass is 10.2. The van der Waals surface area contributed by atoms with Gasteiger partial charge < -0.3 is 9.51 Å². The van der Waals surface area contributed by atoms with Crippen LogP contribution in [0.2, 0.25) is 0 Å². The van der Waals surface area contributed by atoms with Gasteiger partial charge in [-0.2, -0.15) is 0 Å². The van der Waals surface area contributed by atoms with Gasteiger partial charge in [-0.15, -0.1) is 0 Å². The molecule has 1 N–H and O–H groups in total. The van der Waals surface area contributed by atoms with Crippen molar-refractivity contribution < 1.29 is 14.3 Å². The molecule has 2 heterocycles. The molecule has 0 unspecified atom stereocenters. The Morgan fingerprint density at radius 1 is 1.62 bits per heavy atom. The van der Waals surface area contributed by atoms with Crippen LogP contribution in [0.15, 0.2) is 24.7 Å². The molecule has 0 aliphatic carbocycles. The molecule has 2 aromatic heterocycles. The number of halogens is 1. The average Bonchev–Trinajstić information content (AvgIpc) is 2.49. The van der Waals surface area contributed by atoms with E-state index in [1.165, 1.54) is 23.0 Å². The summed E-state index contributed by atoms with van der Waals surface area (Å²) < 4.78 is 14.2. The first-order chi connectivity index (χ1) is 6.18. The highest BCUT2D eigenvalue weighted by molar-refractivity contribution is 5.94. The van der Waals surface area contributed by atoms with Crippen LogP contribution in [-0.4, -0.2) is 20.5 Å². The molecular weight excluding hydrogens is 175 g/mol. The zero-order valence-corrected chi connectivity index (χ0v) is 6.44. The first-order valence-electron chi connectivity index (χ1n) is 3.54. The topological polar surface area (TPSA) is 54.6 Å². The van der Waals surface area contributed by atoms with Crippen LogP contribution >= 0.6 is 0 Å². The Balaban J connectivity index is 2.84. The molecule has 0 bridgehead atoms. The molecule has 0 saturated carbocycles. The summed E-state index contributed by atoms with van der Waals surface area (Å²) in [6, 6.07) is 0.949. The maximum Gasteiger partial charge on any atom is 0.339 e. The fourth-order valence-electron chi connectivity index (χ4n) is 1.16. The monoisotopic (exact) mass is 180 g/mol. The minimum absolute atomic E-state index is 0.134. The SMILES string of the molecule is O=C(O)c1cc(F)cn2ccnc12. The van der Waals surface area contributed by atoms with E-state index in [1.54, 1.807) is 0 Å². The van der Waals surface area contributed by atoms with Gasteiger partial charge in [0.1, 0.15) is 11.4 Å². The number of aromatic carboxylic acids is 1. The summed E-state index contributed by atoms with van der Waals surface area (Å²) in [6.07, 6.45) is 4.08. The van der Waals surface area contributed by atoms with Crippen LogP contribution in [-0.2, 0) is 0 Å². The van der Waals surface area contributed by atoms with Gasteiger partial charge in [0.05, 0.1) is 0 Å². The molecule has 0 spiro atoms. The van der Waals surface area contributed by atoms with Crippen molar-refractivity contribution >= 4 is 11.6 Å². The van der Waals surface area contributed by atoms with E-state index in [0.29, 0.717) is 0 Å². The fourth-order valence-corrected chi connectivity index (χ4v) is 1.16. The summed E-state index contributed by atoms with van der Waals surface area (Å²) in [7, 11) is 0. The maximum absolute atomic E-state index is 12.8. The van der Waals surface area contributed by atoms with Crippen LogP contribution in [0.4, 0.5) is 4.39 Å². The van der Waals surface area contributed by atoms with Gasteiger partial charge >= 0.3 is 5.97 Å².